The topological polar surface area (TPSA) is 105 Å². The lowest BCUT2D eigenvalue weighted by Crippen LogP contribution is -2.43. The molecular formula is C22H23N3O5. The molecule has 156 valence electrons. The van der Waals surface area contributed by atoms with Crippen LogP contribution in [0.5, 0.6) is 0 Å². The van der Waals surface area contributed by atoms with Crippen LogP contribution in [-0.4, -0.2) is 36.8 Å². The Morgan fingerprint density at radius 2 is 1.73 bits per heavy atom. The van der Waals surface area contributed by atoms with Gasteiger partial charge in [0.25, 0.3) is 11.8 Å². The quantitative estimate of drug-likeness (QED) is 0.557. The van der Waals surface area contributed by atoms with Crippen LogP contribution >= 0.6 is 0 Å². The first-order valence-corrected chi connectivity index (χ1v) is 9.68. The van der Waals surface area contributed by atoms with Gasteiger partial charge < -0.3 is 9.64 Å². The zero-order chi connectivity index (χ0) is 21.5. The second kappa shape index (κ2) is 9.69. The lowest BCUT2D eigenvalue weighted by Gasteiger charge is -2.17. The van der Waals surface area contributed by atoms with E-state index in [9.17, 15) is 19.2 Å². The van der Waals surface area contributed by atoms with Gasteiger partial charge in [-0.05, 0) is 36.2 Å². The van der Waals surface area contributed by atoms with Crippen molar-refractivity contribution in [3.63, 3.8) is 0 Å². The summed E-state index contributed by atoms with van der Waals surface area (Å²) in [5.74, 6) is -2.60. The minimum Gasteiger partial charge on any atom is -0.455 e. The van der Waals surface area contributed by atoms with E-state index in [1.807, 2.05) is 31.2 Å². The molecule has 0 spiro atoms. The fourth-order valence-electron chi connectivity index (χ4n) is 3.11. The average Bonchev–Trinajstić information content (AvgIpc) is 3.18. The van der Waals surface area contributed by atoms with Gasteiger partial charge in [0.2, 0.25) is 5.91 Å². The molecular weight excluding hydrogens is 386 g/mol. The standard InChI is InChI=1S/C22H23N3O5/c1-2-15-8-10-18(11-9-15)25-13-17(12-20(25)27)22(29)30-14-19(26)23-24-21(28)16-6-4-3-5-7-16/h3-11,17H,2,12-14H2,1H3,(H,23,26)(H,24,28)/t17-/m1/s1. The highest BCUT2D eigenvalue weighted by molar-refractivity contribution is 5.99. The third-order valence-corrected chi connectivity index (χ3v) is 4.81. The van der Waals surface area contributed by atoms with Crippen LogP contribution in [0.25, 0.3) is 0 Å². The average molecular weight is 409 g/mol. The van der Waals surface area contributed by atoms with E-state index in [2.05, 4.69) is 10.9 Å². The number of nitrogens with zero attached hydrogens (tertiary/aromatic N) is 1. The van der Waals surface area contributed by atoms with Crippen molar-refractivity contribution in [2.24, 2.45) is 5.92 Å². The van der Waals surface area contributed by atoms with Crippen LogP contribution < -0.4 is 15.8 Å². The van der Waals surface area contributed by atoms with E-state index in [-0.39, 0.29) is 18.9 Å². The molecule has 1 atom stereocenters. The number of benzene rings is 2. The predicted molar refractivity (Wildman–Crippen MR) is 109 cm³/mol. The highest BCUT2D eigenvalue weighted by atomic mass is 16.5. The Balaban J connectivity index is 1.45. The number of amides is 3. The number of esters is 1. The molecule has 3 rings (SSSR count). The molecule has 30 heavy (non-hydrogen) atoms. The molecule has 0 bridgehead atoms. The first-order chi connectivity index (χ1) is 14.5. The van der Waals surface area contributed by atoms with Crippen molar-refractivity contribution < 1.29 is 23.9 Å². The monoisotopic (exact) mass is 409 g/mol. The second-order valence-corrected chi connectivity index (χ2v) is 6.90. The lowest BCUT2D eigenvalue weighted by atomic mass is 10.1. The van der Waals surface area contributed by atoms with E-state index in [0.717, 1.165) is 17.7 Å². The lowest BCUT2D eigenvalue weighted by molar-refractivity contribution is -0.152. The first-order valence-electron chi connectivity index (χ1n) is 9.68. The van der Waals surface area contributed by atoms with Gasteiger partial charge >= 0.3 is 5.97 Å². The van der Waals surface area contributed by atoms with Gasteiger partial charge in [-0.15, -0.1) is 0 Å². The molecule has 0 unspecified atom stereocenters. The summed E-state index contributed by atoms with van der Waals surface area (Å²) in [6, 6.07) is 16.0. The van der Waals surface area contributed by atoms with Crippen LogP contribution in [0.1, 0.15) is 29.3 Å². The first kappa shape index (κ1) is 21.0. The zero-order valence-corrected chi connectivity index (χ0v) is 16.6. The maximum Gasteiger partial charge on any atom is 0.311 e. The number of hydrogen-bond acceptors (Lipinski definition) is 5. The minimum atomic E-state index is -0.677. The summed E-state index contributed by atoms with van der Waals surface area (Å²) in [6.45, 7) is 1.70. The molecule has 1 aliphatic rings. The van der Waals surface area contributed by atoms with Crippen molar-refractivity contribution in [3.8, 4) is 0 Å². The SMILES string of the molecule is CCc1ccc(N2C[C@H](C(=O)OCC(=O)NNC(=O)c3ccccc3)CC2=O)cc1. The Labute approximate surface area is 174 Å². The predicted octanol–water partition coefficient (Wildman–Crippen LogP) is 1.61. The van der Waals surface area contributed by atoms with Crippen molar-refractivity contribution in [1.82, 2.24) is 10.9 Å². The molecule has 1 heterocycles. The van der Waals surface area contributed by atoms with Crippen molar-refractivity contribution >= 4 is 29.4 Å². The zero-order valence-electron chi connectivity index (χ0n) is 16.6. The van der Waals surface area contributed by atoms with Gasteiger partial charge in [0.15, 0.2) is 6.61 Å². The number of ether oxygens (including phenoxy) is 1. The molecule has 0 radical (unpaired) electrons. The van der Waals surface area contributed by atoms with Crippen LogP contribution in [0, 0.1) is 5.92 Å². The van der Waals surface area contributed by atoms with Crippen molar-refractivity contribution in [2.75, 3.05) is 18.1 Å². The molecule has 1 saturated heterocycles. The maximum absolute atomic E-state index is 12.3. The van der Waals surface area contributed by atoms with Gasteiger partial charge in [0.1, 0.15) is 0 Å². The number of hydrazine groups is 1. The number of hydrogen-bond donors (Lipinski definition) is 2. The molecule has 0 aliphatic carbocycles. The largest absolute Gasteiger partial charge is 0.455 e. The fourth-order valence-corrected chi connectivity index (χ4v) is 3.11. The van der Waals surface area contributed by atoms with E-state index >= 15 is 0 Å². The molecule has 2 N–H and O–H groups in total. The minimum absolute atomic E-state index is 0.0285. The fraction of sp³-hybridized carbons (Fsp3) is 0.273. The molecule has 8 heteroatoms. The molecule has 2 aromatic rings. The third-order valence-electron chi connectivity index (χ3n) is 4.81. The van der Waals surface area contributed by atoms with Crippen LogP contribution in [0.4, 0.5) is 5.69 Å². The molecule has 8 nitrogen and oxygen atoms in total. The Morgan fingerprint density at radius 3 is 2.40 bits per heavy atom. The Morgan fingerprint density at radius 1 is 1.03 bits per heavy atom. The van der Waals surface area contributed by atoms with E-state index in [1.54, 1.807) is 35.2 Å². The summed E-state index contributed by atoms with van der Waals surface area (Å²) >= 11 is 0. The Bertz CT molecular complexity index is 928. The number of rotatable bonds is 6. The molecule has 1 aliphatic heterocycles. The summed E-state index contributed by atoms with van der Waals surface area (Å²) in [7, 11) is 0. The van der Waals surface area contributed by atoms with Gasteiger partial charge in [-0.1, -0.05) is 37.3 Å². The molecule has 0 saturated carbocycles. The number of carbonyl (C=O) groups excluding carboxylic acids is 4. The van der Waals surface area contributed by atoms with Crippen LogP contribution in [0.2, 0.25) is 0 Å². The third kappa shape index (κ3) is 5.22. The number of nitrogens with one attached hydrogen (secondary N) is 2. The van der Waals surface area contributed by atoms with Gasteiger partial charge in [0.05, 0.1) is 5.92 Å². The Hall–Kier alpha value is -3.68. The van der Waals surface area contributed by atoms with Crippen molar-refractivity contribution in [2.45, 2.75) is 19.8 Å². The van der Waals surface area contributed by atoms with Gasteiger partial charge in [-0.3, -0.25) is 30.0 Å². The van der Waals surface area contributed by atoms with E-state index in [1.165, 1.54) is 0 Å². The molecule has 1 fully saturated rings. The summed E-state index contributed by atoms with van der Waals surface area (Å²) < 4.78 is 5.01. The number of anilines is 1. The van der Waals surface area contributed by atoms with E-state index < -0.39 is 30.3 Å². The van der Waals surface area contributed by atoms with Crippen LogP contribution in [-0.2, 0) is 25.5 Å². The molecule has 2 aromatic carbocycles. The van der Waals surface area contributed by atoms with Gasteiger partial charge in [-0.2, -0.15) is 0 Å². The van der Waals surface area contributed by atoms with Crippen molar-refractivity contribution in [1.29, 1.82) is 0 Å². The van der Waals surface area contributed by atoms with Gasteiger partial charge in [0, 0.05) is 24.2 Å². The number of aryl methyl sites for hydroxylation is 1. The summed E-state index contributed by atoms with van der Waals surface area (Å²) in [5.41, 5.74) is 6.70. The highest BCUT2D eigenvalue weighted by Gasteiger charge is 2.36. The maximum atomic E-state index is 12.3. The van der Waals surface area contributed by atoms with Crippen molar-refractivity contribution in [3.05, 3.63) is 65.7 Å². The smallest absolute Gasteiger partial charge is 0.311 e. The summed E-state index contributed by atoms with van der Waals surface area (Å²) in [5, 5.41) is 0. The number of carbonyl (C=O) groups is 4. The van der Waals surface area contributed by atoms with E-state index in [4.69, 9.17) is 4.74 Å². The van der Waals surface area contributed by atoms with Gasteiger partial charge in [-0.25, -0.2) is 0 Å². The Kier molecular flexibility index (Phi) is 6.79. The normalized spacial score (nSPS) is 15.6. The molecule has 0 aromatic heterocycles. The summed E-state index contributed by atoms with van der Waals surface area (Å²) in [6.07, 6.45) is 0.928. The molecule has 3 amide bonds. The van der Waals surface area contributed by atoms with Crippen LogP contribution in [0.15, 0.2) is 54.6 Å². The highest BCUT2D eigenvalue weighted by Crippen LogP contribution is 2.26. The van der Waals surface area contributed by atoms with E-state index in [0.29, 0.717) is 5.56 Å². The summed E-state index contributed by atoms with van der Waals surface area (Å²) in [4.78, 5) is 49.8. The second-order valence-electron chi connectivity index (χ2n) is 6.90. The van der Waals surface area contributed by atoms with Crippen LogP contribution in [0.3, 0.4) is 0 Å².